The van der Waals surface area contributed by atoms with Crippen molar-refractivity contribution in [3.05, 3.63) is 46.5 Å². The Kier molecular flexibility index (Phi) is 5.12. The molecule has 0 aliphatic heterocycles. The van der Waals surface area contributed by atoms with E-state index in [0.717, 1.165) is 24.2 Å². The van der Waals surface area contributed by atoms with E-state index < -0.39 is 6.01 Å². The van der Waals surface area contributed by atoms with E-state index in [2.05, 4.69) is 9.97 Å². The Morgan fingerprint density at radius 1 is 1.29 bits per heavy atom. The molecule has 0 saturated heterocycles. The van der Waals surface area contributed by atoms with Gasteiger partial charge in [0.2, 0.25) is 0 Å². The molecule has 3 aromatic rings. The average molecular weight is 350 g/mol. The molecule has 2 heterocycles. The number of fused-ring (bicyclic) bond motifs is 1. The van der Waals surface area contributed by atoms with Gasteiger partial charge in [0.25, 0.3) is 5.56 Å². The summed E-state index contributed by atoms with van der Waals surface area (Å²) >= 11 is 0. The van der Waals surface area contributed by atoms with Gasteiger partial charge in [-0.2, -0.15) is 0 Å². The molecule has 0 spiro atoms. The van der Waals surface area contributed by atoms with Crippen molar-refractivity contribution in [1.29, 1.82) is 0 Å². The number of nitrogens with zero attached hydrogens (tertiary/aromatic N) is 4. The molecule has 1 aliphatic carbocycles. The van der Waals surface area contributed by atoms with Gasteiger partial charge in [-0.15, -0.1) is 0 Å². The van der Waals surface area contributed by atoms with Crippen LogP contribution in [0.1, 0.15) is 24.4 Å². The number of ether oxygens (including phenoxy) is 1. The molecule has 8 heteroatoms. The van der Waals surface area contributed by atoms with Crippen LogP contribution < -0.4 is 66.8 Å². The second kappa shape index (κ2) is 6.97. The molecule has 118 valence electrons. The van der Waals surface area contributed by atoms with Crippen LogP contribution in [0.3, 0.4) is 0 Å². The number of benzene rings is 1. The topological polar surface area (TPSA) is 85.0 Å². The van der Waals surface area contributed by atoms with E-state index in [4.69, 9.17) is 4.74 Å². The third-order valence-electron chi connectivity index (χ3n) is 4.07. The second-order valence-corrected chi connectivity index (χ2v) is 5.69. The fourth-order valence-electron chi connectivity index (χ4n) is 2.72. The molecule has 0 amide bonds. The van der Waals surface area contributed by atoms with Gasteiger partial charge in [-0.3, -0.25) is 4.79 Å². The van der Waals surface area contributed by atoms with Gasteiger partial charge in [0, 0.05) is 12.6 Å². The summed E-state index contributed by atoms with van der Waals surface area (Å²) in [5, 5.41) is 12.0. The summed E-state index contributed by atoms with van der Waals surface area (Å²) in [5.74, 6) is 0.776. The molecule has 0 unspecified atom stereocenters. The van der Waals surface area contributed by atoms with Crippen molar-refractivity contribution >= 4 is 11.2 Å². The smallest absolute Gasteiger partial charge is 0.846 e. The van der Waals surface area contributed by atoms with Crippen molar-refractivity contribution in [3.8, 4) is 11.8 Å². The Bertz CT molecular complexity index is 929. The zero-order valence-corrected chi connectivity index (χ0v) is 16.7. The van der Waals surface area contributed by atoms with E-state index >= 15 is 0 Å². The van der Waals surface area contributed by atoms with Crippen molar-refractivity contribution in [2.24, 2.45) is 0 Å². The van der Waals surface area contributed by atoms with Crippen LogP contribution in [0.2, 0.25) is 0 Å². The molecule has 7 nitrogen and oxygen atoms in total. The fraction of sp³-hybridized carbons (Fsp3) is 0.312. The number of imidazole rings is 1. The first-order valence-electron chi connectivity index (χ1n) is 7.44. The van der Waals surface area contributed by atoms with Gasteiger partial charge in [0.1, 0.15) is 5.75 Å². The Morgan fingerprint density at radius 3 is 2.62 bits per heavy atom. The normalized spacial score (nSPS) is 13.7. The van der Waals surface area contributed by atoms with Crippen LogP contribution in [0.25, 0.3) is 11.2 Å². The predicted molar refractivity (Wildman–Crippen MR) is 81.6 cm³/mol. The minimum atomic E-state index is -0.500. The summed E-state index contributed by atoms with van der Waals surface area (Å²) < 4.78 is 8.14. The molecule has 0 atom stereocenters. The average Bonchev–Trinajstić information content (AvgIpc) is 3.30. The van der Waals surface area contributed by atoms with Crippen LogP contribution in [0.5, 0.6) is 11.8 Å². The summed E-state index contributed by atoms with van der Waals surface area (Å²) in [6, 6.07) is 7.09. The van der Waals surface area contributed by atoms with Crippen molar-refractivity contribution < 1.29 is 61.2 Å². The minimum Gasteiger partial charge on any atom is -0.846 e. The number of aromatic nitrogens is 4. The zero-order valence-electron chi connectivity index (χ0n) is 13.6. The number of hydrogen-bond donors (Lipinski definition) is 0. The maximum atomic E-state index is 12.6. The third kappa shape index (κ3) is 3.16. The van der Waals surface area contributed by atoms with Gasteiger partial charge in [-0.25, -0.2) is 9.97 Å². The molecule has 1 aliphatic rings. The predicted octanol–water partition coefficient (Wildman–Crippen LogP) is -1.94. The van der Waals surface area contributed by atoms with Crippen LogP contribution in [0, 0.1) is 0 Å². The van der Waals surface area contributed by atoms with Crippen LogP contribution in [0.4, 0.5) is 0 Å². The first kappa shape index (κ1) is 17.6. The molecule has 1 fully saturated rings. The number of hydrogen-bond acceptors (Lipinski definition) is 5. The van der Waals surface area contributed by atoms with Crippen LogP contribution in [0.15, 0.2) is 35.4 Å². The van der Waals surface area contributed by atoms with E-state index in [1.165, 1.54) is 4.57 Å². The van der Waals surface area contributed by atoms with Crippen LogP contribution in [-0.4, -0.2) is 26.2 Å². The maximum absolute atomic E-state index is 12.6. The number of methoxy groups -OCH3 is 1. The molecule has 0 N–H and O–H groups in total. The number of rotatable bonds is 4. The molecule has 0 bridgehead atoms. The molecule has 1 aromatic carbocycles. The Morgan fingerprint density at radius 2 is 2.00 bits per heavy atom. The van der Waals surface area contributed by atoms with Crippen molar-refractivity contribution in [2.45, 2.75) is 25.4 Å². The zero-order chi connectivity index (χ0) is 16.0. The largest absolute Gasteiger partial charge is 1.00 e. The molecule has 4 rings (SSSR count). The van der Waals surface area contributed by atoms with E-state index in [9.17, 15) is 9.90 Å². The fourth-order valence-corrected chi connectivity index (χ4v) is 2.72. The van der Waals surface area contributed by atoms with Gasteiger partial charge in [0.15, 0.2) is 11.2 Å². The SMILES string of the molecule is COc1ccc(Cn2cnc3nc([O-])n(C4CC4)c(=O)c32)cc1.[K+]. The summed E-state index contributed by atoms with van der Waals surface area (Å²) in [6.07, 6.45) is 3.27. The van der Waals surface area contributed by atoms with Crippen LogP contribution in [-0.2, 0) is 6.54 Å². The van der Waals surface area contributed by atoms with Crippen molar-refractivity contribution in [3.63, 3.8) is 0 Å². The van der Waals surface area contributed by atoms with Gasteiger partial charge in [-0.1, -0.05) is 12.1 Å². The van der Waals surface area contributed by atoms with E-state index in [1.54, 1.807) is 18.0 Å². The maximum Gasteiger partial charge on any atom is 1.00 e. The molecule has 1 saturated carbocycles. The van der Waals surface area contributed by atoms with Crippen LogP contribution >= 0.6 is 0 Å². The van der Waals surface area contributed by atoms with Gasteiger partial charge >= 0.3 is 51.4 Å². The van der Waals surface area contributed by atoms with Gasteiger partial charge < -0.3 is 19.0 Å². The first-order chi connectivity index (χ1) is 11.2. The summed E-state index contributed by atoms with van der Waals surface area (Å²) in [6.45, 7) is 0.486. The van der Waals surface area contributed by atoms with E-state index in [0.29, 0.717) is 12.1 Å². The molecule has 0 radical (unpaired) electrons. The Labute approximate surface area is 180 Å². The molecular weight excluding hydrogens is 335 g/mol. The summed E-state index contributed by atoms with van der Waals surface area (Å²) in [4.78, 5) is 20.7. The van der Waals surface area contributed by atoms with Crippen molar-refractivity contribution in [1.82, 2.24) is 19.1 Å². The quantitative estimate of drug-likeness (QED) is 0.511. The Hall–Kier alpha value is -1.19. The minimum absolute atomic E-state index is 0. The second-order valence-electron chi connectivity index (χ2n) is 5.69. The standard InChI is InChI=1S/C16H16N4O3.K/c1-23-12-6-2-10(3-7-12)8-19-9-17-14-13(19)15(21)20(11-4-5-11)16(22)18-14;/h2-3,6-7,9,11H,4-5,8H2,1H3,(H,18,22);/q;+1/p-1. The van der Waals surface area contributed by atoms with Gasteiger partial charge in [0.05, 0.1) is 19.4 Å². The van der Waals surface area contributed by atoms with Gasteiger partial charge in [-0.05, 0) is 30.5 Å². The van der Waals surface area contributed by atoms with E-state index in [-0.39, 0.29) is 68.6 Å². The molecular formula is C16H15KN4O3. The summed E-state index contributed by atoms with van der Waals surface area (Å²) in [5.41, 5.74) is 1.31. The summed E-state index contributed by atoms with van der Waals surface area (Å²) in [7, 11) is 1.62. The molecule has 24 heavy (non-hydrogen) atoms. The van der Waals surface area contributed by atoms with Crippen molar-refractivity contribution in [2.75, 3.05) is 7.11 Å². The Balaban J connectivity index is 0.00000169. The van der Waals surface area contributed by atoms with E-state index in [1.807, 2.05) is 24.3 Å². The first-order valence-corrected chi connectivity index (χ1v) is 7.44. The third-order valence-corrected chi connectivity index (χ3v) is 4.07. The monoisotopic (exact) mass is 350 g/mol. The molecule has 2 aromatic heterocycles.